The van der Waals surface area contributed by atoms with Crippen molar-refractivity contribution >= 4 is 0 Å². The molecule has 1 aliphatic carbocycles. The Morgan fingerprint density at radius 2 is 1.60 bits per heavy atom. The van der Waals surface area contributed by atoms with E-state index in [2.05, 4.69) is 31.2 Å². The van der Waals surface area contributed by atoms with Crippen molar-refractivity contribution in [1.29, 1.82) is 0 Å². The van der Waals surface area contributed by atoms with Crippen LogP contribution in [0.1, 0.15) is 56.4 Å². The maximum Gasteiger partial charge on any atom is 0.184 e. The molecule has 0 amide bonds. The van der Waals surface area contributed by atoms with E-state index in [0.717, 1.165) is 25.0 Å². The lowest BCUT2D eigenvalue weighted by atomic mass is 9.78. The summed E-state index contributed by atoms with van der Waals surface area (Å²) in [5, 5.41) is 0. The van der Waals surface area contributed by atoms with Gasteiger partial charge in [-0.2, -0.15) is 0 Å². The minimum absolute atomic E-state index is 0.127. The minimum Gasteiger partial charge on any atom is -0.346 e. The van der Waals surface area contributed by atoms with Crippen LogP contribution in [0.2, 0.25) is 0 Å². The van der Waals surface area contributed by atoms with E-state index in [1.54, 1.807) is 0 Å². The van der Waals surface area contributed by atoms with Gasteiger partial charge in [-0.15, -0.1) is 0 Å². The SMILES string of the molecule is CCC1CCC(Cc2ccccc2C2OCCO2)CC1. The molecule has 20 heavy (non-hydrogen) atoms. The van der Waals surface area contributed by atoms with E-state index in [1.807, 2.05) is 0 Å². The number of ether oxygens (including phenoxy) is 2. The fraction of sp³-hybridized carbons (Fsp3) is 0.667. The Bertz CT molecular complexity index is 415. The van der Waals surface area contributed by atoms with E-state index in [0.29, 0.717) is 0 Å². The maximum absolute atomic E-state index is 5.68. The minimum atomic E-state index is -0.127. The second-order valence-corrected chi connectivity index (χ2v) is 6.27. The molecule has 2 nitrogen and oxygen atoms in total. The van der Waals surface area contributed by atoms with Gasteiger partial charge in [0.05, 0.1) is 13.2 Å². The Balaban J connectivity index is 1.65. The van der Waals surface area contributed by atoms with E-state index in [-0.39, 0.29) is 6.29 Å². The molecule has 0 atom stereocenters. The van der Waals surface area contributed by atoms with Crippen LogP contribution < -0.4 is 0 Å². The fourth-order valence-corrected chi connectivity index (χ4v) is 3.64. The summed E-state index contributed by atoms with van der Waals surface area (Å²) in [6.45, 7) is 3.77. The summed E-state index contributed by atoms with van der Waals surface area (Å²) in [4.78, 5) is 0. The summed E-state index contributed by atoms with van der Waals surface area (Å²) >= 11 is 0. The molecule has 0 radical (unpaired) electrons. The van der Waals surface area contributed by atoms with Crippen molar-refractivity contribution in [2.45, 2.75) is 51.7 Å². The van der Waals surface area contributed by atoms with Crippen molar-refractivity contribution in [2.24, 2.45) is 11.8 Å². The second-order valence-electron chi connectivity index (χ2n) is 6.27. The van der Waals surface area contributed by atoms with Crippen LogP contribution in [0.15, 0.2) is 24.3 Å². The zero-order valence-electron chi connectivity index (χ0n) is 12.5. The van der Waals surface area contributed by atoms with Gasteiger partial charge in [0.1, 0.15) is 0 Å². The molecule has 0 bridgehead atoms. The monoisotopic (exact) mass is 274 g/mol. The van der Waals surface area contributed by atoms with E-state index in [1.165, 1.54) is 49.7 Å². The number of hydrogen-bond donors (Lipinski definition) is 0. The first-order chi connectivity index (χ1) is 9.86. The Kier molecular flexibility index (Phi) is 4.74. The first kappa shape index (κ1) is 14.1. The smallest absolute Gasteiger partial charge is 0.184 e. The fourth-order valence-electron chi connectivity index (χ4n) is 3.64. The van der Waals surface area contributed by atoms with Crippen LogP contribution in [0.4, 0.5) is 0 Å². The summed E-state index contributed by atoms with van der Waals surface area (Å²) in [6.07, 6.45) is 8.03. The zero-order valence-corrected chi connectivity index (χ0v) is 12.5. The van der Waals surface area contributed by atoms with E-state index in [4.69, 9.17) is 9.47 Å². The summed E-state index contributed by atoms with van der Waals surface area (Å²) in [6, 6.07) is 8.67. The van der Waals surface area contributed by atoms with Gasteiger partial charge in [-0.3, -0.25) is 0 Å². The first-order valence-corrected chi connectivity index (χ1v) is 8.17. The van der Waals surface area contributed by atoms with Gasteiger partial charge in [0.2, 0.25) is 0 Å². The van der Waals surface area contributed by atoms with Gasteiger partial charge in [-0.25, -0.2) is 0 Å². The molecule has 1 aliphatic heterocycles. The number of hydrogen-bond acceptors (Lipinski definition) is 2. The van der Waals surface area contributed by atoms with Crippen molar-refractivity contribution in [2.75, 3.05) is 13.2 Å². The Morgan fingerprint density at radius 3 is 2.30 bits per heavy atom. The van der Waals surface area contributed by atoms with Crippen molar-refractivity contribution < 1.29 is 9.47 Å². The van der Waals surface area contributed by atoms with Gasteiger partial charge in [0.15, 0.2) is 6.29 Å². The van der Waals surface area contributed by atoms with Crippen molar-refractivity contribution in [3.05, 3.63) is 35.4 Å². The van der Waals surface area contributed by atoms with Crippen LogP contribution in [0.5, 0.6) is 0 Å². The van der Waals surface area contributed by atoms with Gasteiger partial charge >= 0.3 is 0 Å². The molecule has 1 saturated heterocycles. The molecule has 2 fully saturated rings. The standard InChI is InChI=1S/C18H26O2/c1-2-14-7-9-15(10-8-14)13-16-5-3-4-6-17(16)18-19-11-12-20-18/h3-6,14-15,18H,2,7-13H2,1H3. The van der Waals surface area contributed by atoms with Gasteiger partial charge < -0.3 is 9.47 Å². The molecule has 1 heterocycles. The van der Waals surface area contributed by atoms with E-state index >= 15 is 0 Å². The van der Waals surface area contributed by atoms with Gasteiger partial charge in [-0.05, 0) is 36.7 Å². The highest BCUT2D eigenvalue weighted by molar-refractivity contribution is 5.29. The summed E-state index contributed by atoms with van der Waals surface area (Å²) < 4.78 is 11.4. The predicted molar refractivity (Wildman–Crippen MR) is 80.5 cm³/mol. The van der Waals surface area contributed by atoms with Crippen LogP contribution in [0, 0.1) is 11.8 Å². The average Bonchev–Trinajstić information content (AvgIpc) is 3.03. The van der Waals surface area contributed by atoms with Gasteiger partial charge in [0, 0.05) is 5.56 Å². The number of benzene rings is 1. The second kappa shape index (κ2) is 6.73. The predicted octanol–water partition coefficient (Wildman–Crippen LogP) is 4.49. The van der Waals surface area contributed by atoms with E-state index < -0.39 is 0 Å². The molecule has 3 rings (SSSR count). The Hall–Kier alpha value is -0.860. The van der Waals surface area contributed by atoms with Gasteiger partial charge in [-0.1, -0.05) is 50.5 Å². The molecule has 110 valence electrons. The summed E-state index contributed by atoms with van der Waals surface area (Å²) in [5.74, 6) is 1.82. The highest BCUT2D eigenvalue weighted by Gasteiger charge is 2.24. The zero-order chi connectivity index (χ0) is 13.8. The van der Waals surface area contributed by atoms with Crippen LogP contribution in [0.3, 0.4) is 0 Å². The molecule has 0 spiro atoms. The first-order valence-electron chi connectivity index (χ1n) is 8.17. The third-order valence-electron chi connectivity index (χ3n) is 4.98. The largest absolute Gasteiger partial charge is 0.346 e. The van der Waals surface area contributed by atoms with Crippen LogP contribution in [-0.2, 0) is 15.9 Å². The lowest BCUT2D eigenvalue weighted by molar-refractivity contribution is -0.0448. The molecule has 1 aromatic carbocycles. The molecule has 2 heteroatoms. The molecular weight excluding hydrogens is 248 g/mol. The van der Waals surface area contributed by atoms with Crippen molar-refractivity contribution in [1.82, 2.24) is 0 Å². The molecule has 1 aromatic rings. The Morgan fingerprint density at radius 1 is 0.950 bits per heavy atom. The topological polar surface area (TPSA) is 18.5 Å². The molecule has 0 N–H and O–H groups in total. The quantitative estimate of drug-likeness (QED) is 0.805. The van der Waals surface area contributed by atoms with Crippen LogP contribution in [0.25, 0.3) is 0 Å². The lowest BCUT2D eigenvalue weighted by Crippen LogP contribution is -2.17. The highest BCUT2D eigenvalue weighted by atomic mass is 16.7. The third-order valence-corrected chi connectivity index (χ3v) is 4.98. The maximum atomic E-state index is 5.68. The molecule has 0 aromatic heterocycles. The lowest BCUT2D eigenvalue weighted by Gasteiger charge is -2.28. The van der Waals surface area contributed by atoms with Crippen molar-refractivity contribution in [3.63, 3.8) is 0 Å². The van der Waals surface area contributed by atoms with Gasteiger partial charge in [0.25, 0.3) is 0 Å². The van der Waals surface area contributed by atoms with Crippen molar-refractivity contribution in [3.8, 4) is 0 Å². The molecule has 1 saturated carbocycles. The average molecular weight is 274 g/mol. The molecular formula is C18H26O2. The van der Waals surface area contributed by atoms with Crippen LogP contribution in [-0.4, -0.2) is 13.2 Å². The molecule has 2 aliphatic rings. The molecule has 0 unspecified atom stereocenters. The van der Waals surface area contributed by atoms with E-state index in [9.17, 15) is 0 Å². The normalized spacial score (nSPS) is 27.9. The number of rotatable bonds is 4. The summed E-state index contributed by atoms with van der Waals surface area (Å²) in [5.41, 5.74) is 2.68. The van der Waals surface area contributed by atoms with Crippen LogP contribution >= 0.6 is 0 Å². The Labute approximate surface area is 122 Å². The highest BCUT2D eigenvalue weighted by Crippen LogP contribution is 2.34. The third kappa shape index (κ3) is 3.24. The summed E-state index contributed by atoms with van der Waals surface area (Å²) in [7, 11) is 0.